The molecule has 8 nitrogen and oxygen atoms in total. The van der Waals surface area contributed by atoms with Crippen molar-refractivity contribution in [3.8, 4) is 11.5 Å². The molecule has 2 heterocycles. The predicted octanol–water partition coefficient (Wildman–Crippen LogP) is 3.94. The molecule has 0 fully saturated rings. The quantitative estimate of drug-likeness (QED) is 0.437. The van der Waals surface area contributed by atoms with Gasteiger partial charge in [0.15, 0.2) is 0 Å². The fraction of sp³-hybridized carbons (Fsp3) is 0.217. The van der Waals surface area contributed by atoms with Gasteiger partial charge in [-0.1, -0.05) is 30.4 Å². The van der Waals surface area contributed by atoms with Gasteiger partial charge in [0.2, 0.25) is 4.96 Å². The van der Waals surface area contributed by atoms with Crippen molar-refractivity contribution < 1.29 is 14.3 Å². The summed E-state index contributed by atoms with van der Waals surface area (Å²) >= 11 is 1.41. The first kappa shape index (κ1) is 21.5. The molecule has 1 N–H and O–H groups in total. The SMILES string of the molecule is CCCc1nn2c(=O)cc(COc3cccc(NC(=O)c4cccc(OC)c4)c3)nc2s1. The van der Waals surface area contributed by atoms with E-state index in [-0.39, 0.29) is 18.1 Å². The third-order valence-electron chi connectivity index (χ3n) is 4.61. The van der Waals surface area contributed by atoms with Gasteiger partial charge in [-0.2, -0.15) is 9.61 Å². The molecule has 0 saturated carbocycles. The number of nitrogens with zero attached hydrogens (tertiary/aromatic N) is 3. The van der Waals surface area contributed by atoms with Crippen molar-refractivity contribution in [3.05, 3.63) is 81.2 Å². The lowest BCUT2D eigenvalue weighted by Crippen LogP contribution is -2.16. The highest BCUT2D eigenvalue weighted by Gasteiger charge is 2.10. The lowest BCUT2D eigenvalue weighted by molar-refractivity contribution is 0.102. The zero-order valence-electron chi connectivity index (χ0n) is 17.7. The fourth-order valence-electron chi connectivity index (χ4n) is 3.07. The number of carbonyl (C=O) groups is 1. The van der Waals surface area contributed by atoms with E-state index in [0.29, 0.717) is 33.4 Å². The molecule has 4 rings (SSSR count). The number of hydrogen-bond acceptors (Lipinski definition) is 7. The van der Waals surface area contributed by atoms with Crippen LogP contribution in [0.1, 0.15) is 34.4 Å². The maximum Gasteiger partial charge on any atom is 0.275 e. The molecule has 32 heavy (non-hydrogen) atoms. The molecule has 0 aliphatic carbocycles. The van der Waals surface area contributed by atoms with Crippen molar-refractivity contribution >= 4 is 27.9 Å². The van der Waals surface area contributed by atoms with E-state index in [9.17, 15) is 9.59 Å². The summed E-state index contributed by atoms with van der Waals surface area (Å²) in [6.45, 7) is 2.19. The number of aromatic nitrogens is 3. The Morgan fingerprint density at radius 3 is 2.75 bits per heavy atom. The van der Waals surface area contributed by atoms with Gasteiger partial charge in [0.05, 0.1) is 12.8 Å². The van der Waals surface area contributed by atoms with E-state index < -0.39 is 0 Å². The highest BCUT2D eigenvalue weighted by atomic mass is 32.1. The molecular formula is C23H22N4O4S. The first-order valence-corrected chi connectivity index (χ1v) is 10.9. The van der Waals surface area contributed by atoms with Crippen molar-refractivity contribution in [2.45, 2.75) is 26.4 Å². The lowest BCUT2D eigenvalue weighted by atomic mass is 10.2. The number of rotatable bonds is 8. The van der Waals surface area contributed by atoms with Crippen LogP contribution in [0.2, 0.25) is 0 Å². The van der Waals surface area contributed by atoms with Crippen LogP contribution < -0.4 is 20.3 Å². The largest absolute Gasteiger partial charge is 0.497 e. The van der Waals surface area contributed by atoms with Gasteiger partial charge in [-0.05, 0) is 36.8 Å². The summed E-state index contributed by atoms with van der Waals surface area (Å²) in [6, 6.07) is 15.4. The van der Waals surface area contributed by atoms with E-state index in [2.05, 4.69) is 22.3 Å². The van der Waals surface area contributed by atoms with Crippen LogP contribution in [0.15, 0.2) is 59.4 Å². The summed E-state index contributed by atoms with van der Waals surface area (Å²) in [5.74, 6) is 0.901. The predicted molar refractivity (Wildman–Crippen MR) is 123 cm³/mol. The maximum absolute atomic E-state index is 12.5. The van der Waals surface area contributed by atoms with E-state index in [0.717, 1.165) is 17.8 Å². The number of hydrogen-bond donors (Lipinski definition) is 1. The molecule has 4 aromatic rings. The third kappa shape index (κ3) is 4.94. The summed E-state index contributed by atoms with van der Waals surface area (Å²) in [5.41, 5.74) is 1.37. The molecule has 164 valence electrons. The van der Waals surface area contributed by atoms with E-state index in [1.165, 1.54) is 21.9 Å². The zero-order chi connectivity index (χ0) is 22.5. The Morgan fingerprint density at radius 1 is 1.12 bits per heavy atom. The number of ether oxygens (including phenoxy) is 2. The Morgan fingerprint density at radius 2 is 1.94 bits per heavy atom. The van der Waals surface area contributed by atoms with Crippen LogP contribution in [0, 0.1) is 0 Å². The number of methoxy groups -OCH3 is 1. The molecule has 2 aromatic heterocycles. The fourth-order valence-corrected chi connectivity index (χ4v) is 4.09. The smallest absolute Gasteiger partial charge is 0.275 e. The van der Waals surface area contributed by atoms with Crippen LogP contribution in [-0.4, -0.2) is 27.6 Å². The van der Waals surface area contributed by atoms with Crippen molar-refractivity contribution in [3.63, 3.8) is 0 Å². The highest BCUT2D eigenvalue weighted by Crippen LogP contribution is 2.20. The summed E-state index contributed by atoms with van der Waals surface area (Å²) < 4.78 is 12.3. The average Bonchev–Trinajstić information content (AvgIpc) is 3.21. The minimum atomic E-state index is -0.255. The van der Waals surface area contributed by atoms with Gasteiger partial charge >= 0.3 is 0 Å². The molecule has 0 radical (unpaired) electrons. The first-order chi connectivity index (χ1) is 15.6. The number of amides is 1. The van der Waals surface area contributed by atoms with Crippen molar-refractivity contribution in [2.75, 3.05) is 12.4 Å². The second-order valence-corrected chi connectivity index (χ2v) is 8.07. The standard InChI is InChI=1S/C23H22N4O4S/c1-3-6-20-26-27-21(28)13-17(25-23(27)32-20)14-31-19-10-5-8-16(12-19)24-22(29)15-7-4-9-18(11-15)30-2/h4-5,7-13H,3,6,14H2,1-2H3,(H,24,29). The van der Waals surface area contributed by atoms with Crippen LogP contribution in [0.3, 0.4) is 0 Å². The van der Waals surface area contributed by atoms with Gasteiger partial charge in [-0.3, -0.25) is 9.59 Å². The van der Waals surface area contributed by atoms with Gasteiger partial charge in [-0.25, -0.2) is 4.98 Å². The van der Waals surface area contributed by atoms with E-state index >= 15 is 0 Å². The van der Waals surface area contributed by atoms with Crippen LogP contribution >= 0.6 is 11.3 Å². The molecule has 0 aliphatic heterocycles. The minimum absolute atomic E-state index is 0.125. The summed E-state index contributed by atoms with van der Waals surface area (Å²) in [6.07, 6.45) is 1.77. The second-order valence-electron chi connectivity index (χ2n) is 7.03. The number of anilines is 1. The summed E-state index contributed by atoms with van der Waals surface area (Å²) in [4.78, 5) is 29.9. The van der Waals surface area contributed by atoms with Crippen molar-refractivity contribution in [2.24, 2.45) is 0 Å². The van der Waals surface area contributed by atoms with Gasteiger partial charge < -0.3 is 14.8 Å². The highest BCUT2D eigenvalue weighted by molar-refractivity contribution is 7.16. The van der Waals surface area contributed by atoms with Gasteiger partial charge in [0.1, 0.15) is 23.1 Å². The second kappa shape index (κ2) is 9.61. The van der Waals surface area contributed by atoms with Crippen molar-refractivity contribution in [1.29, 1.82) is 0 Å². The molecule has 0 unspecified atom stereocenters. The Bertz CT molecular complexity index is 1310. The summed E-state index contributed by atoms with van der Waals surface area (Å²) in [7, 11) is 1.55. The average molecular weight is 451 g/mol. The Kier molecular flexibility index (Phi) is 6.46. The molecule has 1 amide bonds. The van der Waals surface area contributed by atoms with Crippen LogP contribution in [0.4, 0.5) is 5.69 Å². The zero-order valence-corrected chi connectivity index (χ0v) is 18.5. The summed E-state index contributed by atoms with van der Waals surface area (Å²) in [5, 5.41) is 8.04. The lowest BCUT2D eigenvalue weighted by Gasteiger charge is -2.10. The number of fused-ring (bicyclic) bond motifs is 1. The van der Waals surface area contributed by atoms with E-state index in [4.69, 9.17) is 9.47 Å². The first-order valence-electron chi connectivity index (χ1n) is 10.1. The molecule has 0 saturated heterocycles. The monoisotopic (exact) mass is 450 g/mol. The molecule has 0 aliphatic rings. The number of carbonyl (C=O) groups excluding carboxylic acids is 1. The van der Waals surface area contributed by atoms with Gasteiger partial charge in [0, 0.05) is 29.8 Å². The molecule has 0 atom stereocenters. The van der Waals surface area contributed by atoms with Crippen LogP contribution in [0.25, 0.3) is 4.96 Å². The maximum atomic E-state index is 12.5. The minimum Gasteiger partial charge on any atom is -0.497 e. The van der Waals surface area contributed by atoms with Gasteiger partial charge in [-0.15, -0.1) is 0 Å². The Labute approximate surface area is 188 Å². The molecule has 0 spiro atoms. The molecule has 0 bridgehead atoms. The third-order valence-corrected chi connectivity index (χ3v) is 5.58. The topological polar surface area (TPSA) is 94.8 Å². The molecular weight excluding hydrogens is 428 g/mol. The van der Waals surface area contributed by atoms with Crippen LogP contribution in [-0.2, 0) is 13.0 Å². The molecule has 9 heteroatoms. The number of aryl methyl sites for hydroxylation is 1. The normalized spacial score (nSPS) is 10.8. The Balaban J connectivity index is 1.45. The molecule has 2 aromatic carbocycles. The van der Waals surface area contributed by atoms with E-state index in [1.54, 1.807) is 55.6 Å². The Hall–Kier alpha value is -3.72. The van der Waals surface area contributed by atoms with Gasteiger partial charge in [0.25, 0.3) is 11.5 Å². The number of benzene rings is 2. The van der Waals surface area contributed by atoms with Crippen LogP contribution in [0.5, 0.6) is 11.5 Å². The van der Waals surface area contributed by atoms with Crippen molar-refractivity contribution in [1.82, 2.24) is 14.6 Å². The number of nitrogens with one attached hydrogen (secondary N) is 1. The van der Waals surface area contributed by atoms with E-state index in [1.807, 2.05) is 0 Å².